The molecule has 0 spiro atoms. The van der Waals surface area contributed by atoms with Gasteiger partial charge in [-0.2, -0.15) is 0 Å². The van der Waals surface area contributed by atoms with Gasteiger partial charge in [0.05, 0.1) is 6.10 Å². The Hall–Kier alpha value is -1.76. The SMILES string of the molecule is [CH2]CCC(CC)Oc1ccc(Cc2ccccc2)cc1. The van der Waals surface area contributed by atoms with E-state index >= 15 is 0 Å². The number of rotatable bonds is 7. The molecule has 0 aliphatic heterocycles. The van der Waals surface area contributed by atoms with Crippen LogP contribution in [0.15, 0.2) is 54.6 Å². The van der Waals surface area contributed by atoms with Gasteiger partial charge in [-0.25, -0.2) is 0 Å². The van der Waals surface area contributed by atoms with E-state index in [1.165, 1.54) is 11.1 Å². The van der Waals surface area contributed by atoms with Crippen molar-refractivity contribution >= 4 is 0 Å². The summed E-state index contributed by atoms with van der Waals surface area (Å²) < 4.78 is 5.97. The van der Waals surface area contributed by atoms with Gasteiger partial charge in [-0.3, -0.25) is 0 Å². The first kappa shape index (κ1) is 14.6. The minimum atomic E-state index is 0.285. The van der Waals surface area contributed by atoms with Crippen LogP contribution in [0.4, 0.5) is 0 Å². The smallest absolute Gasteiger partial charge is 0.119 e. The van der Waals surface area contributed by atoms with Crippen LogP contribution in [0.3, 0.4) is 0 Å². The second-order valence-corrected chi connectivity index (χ2v) is 5.10. The van der Waals surface area contributed by atoms with Crippen molar-refractivity contribution in [1.82, 2.24) is 0 Å². The fourth-order valence-corrected chi connectivity index (χ4v) is 2.28. The van der Waals surface area contributed by atoms with E-state index < -0.39 is 0 Å². The lowest BCUT2D eigenvalue weighted by Crippen LogP contribution is -2.14. The quantitative estimate of drug-likeness (QED) is 0.682. The summed E-state index contributed by atoms with van der Waals surface area (Å²) >= 11 is 0. The highest BCUT2D eigenvalue weighted by atomic mass is 16.5. The molecule has 0 amide bonds. The van der Waals surface area contributed by atoms with Crippen molar-refractivity contribution in [2.75, 3.05) is 0 Å². The Labute approximate surface area is 122 Å². The van der Waals surface area contributed by atoms with Crippen molar-refractivity contribution in [3.8, 4) is 5.75 Å². The first-order chi connectivity index (χ1) is 9.81. The van der Waals surface area contributed by atoms with E-state index in [4.69, 9.17) is 4.74 Å². The molecule has 0 N–H and O–H groups in total. The lowest BCUT2D eigenvalue weighted by atomic mass is 10.1. The molecule has 0 aliphatic carbocycles. The lowest BCUT2D eigenvalue weighted by molar-refractivity contribution is 0.188. The van der Waals surface area contributed by atoms with E-state index in [9.17, 15) is 0 Å². The number of benzene rings is 2. The maximum absolute atomic E-state index is 5.97. The van der Waals surface area contributed by atoms with Gasteiger partial charge in [0.2, 0.25) is 0 Å². The van der Waals surface area contributed by atoms with Crippen LogP contribution < -0.4 is 4.74 Å². The summed E-state index contributed by atoms with van der Waals surface area (Å²) in [4.78, 5) is 0. The molecule has 2 rings (SSSR count). The Bertz CT molecular complexity index is 487. The topological polar surface area (TPSA) is 9.23 Å². The molecule has 0 bridgehead atoms. The number of hydrogen-bond acceptors (Lipinski definition) is 1. The van der Waals surface area contributed by atoms with Gasteiger partial charge in [-0.05, 0) is 48.9 Å². The molecule has 1 radical (unpaired) electrons. The first-order valence-electron chi connectivity index (χ1n) is 7.40. The summed E-state index contributed by atoms with van der Waals surface area (Å²) in [5.41, 5.74) is 2.65. The van der Waals surface area contributed by atoms with Gasteiger partial charge >= 0.3 is 0 Å². The van der Waals surface area contributed by atoms with Crippen LogP contribution in [-0.2, 0) is 6.42 Å². The van der Waals surface area contributed by atoms with Gasteiger partial charge < -0.3 is 4.74 Å². The Balaban J connectivity index is 1.96. The maximum atomic E-state index is 5.97. The van der Waals surface area contributed by atoms with Crippen molar-refractivity contribution in [2.45, 2.75) is 38.7 Å². The standard InChI is InChI=1S/C19H23O/c1-3-8-18(4-2)20-19-13-11-17(12-14-19)15-16-9-6-5-7-10-16/h5-7,9-14,18H,1,3-4,8,15H2,2H3. The van der Waals surface area contributed by atoms with Crippen molar-refractivity contribution in [3.63, 3.8) is 0 Å². The molecule has 1 unspecified atom stereocenters. The largest absolute Gasteiger partial charge is 0.490 e. The number of hydrogen-bond donors (Lipinski definition) is 0. The highest BCUT2D eigenvalue weighted by Gasteiger charge is 2.06. The Morgan fingerprint density at radius 1 is 0.950 bits per heavy atom. The molecule has 0 saturated heterocycles. The van der Waals surface area contributed by atoms with Crippen LogP contribution in [0.5, 0.6) is 5.75 Å². The van der Waals surface area contributed by atoms with Crippen LogP contribution in [-0.4, -0.2) is 6.10 Å². The van der Waals surface area contributed by atoms with Gasteiger partial charge in [-0.1, -0.05) is 56.3 Å². The second-order valence-electron chi connectivity index (χ2n) is 5.10. The van der Waals surface area contributed by atoms with Gasteiger partial charge in [0.1, 0.15) is 5.75 Å². The number of ether oxygens (including phenoxy) is 1. The average molecular weight is 267 g/mol. The molecule has 0 saturated carbocycles. The molecule has 0 fully saturated rings. The zero-order chi connectivity index (χ0) is 14.2. The first-order valence-corrected chi connectivity index (χ1v) is 7.40. The summed E-state index contributed by atoms with van der Waals surface area (Å²) in [7, 11) is 0. The van der Waals surface area contributed by atoms with E-state index in [0.29, 0.717) is 0 Å². The predicted molar refractivity (Wildman–Crippen MR) is 85.0 cm³/mol. The van der Waals surface area contributed by atoms with Crippen LogP contribution in [0, 0.1) is 6.92 Å². The Kier molecular flexibility index (Phi) is 5.67. The lowest BCUT2D eigenvalue weighted by Gasteiger charge is -2.17. The highest BCUT2D eigenvalue weighted by molar-refractivity contribution is 5.31. The third-order valence-electron chi connectivity index (χ3n) is 3.46. The molecule has 0 aromatic heterocycles. The molecule has 2 aromatic rings. The molecular formula is C19H23O. The molecule has 105 valence electrons. The maximum Gasteiger partial charge on any atom is 0.119 e. The monoisotopic (exact) mass is 267 g/mol. The van der Waals surface area contributed by atoms with E-state index in [1.807, 2.05) is 6.07 Å². The summed E-state index contributed by atoms with van der Waals surface area (Å²) in [5.74, 6) is 0.960. The van der Waals surface area contributed by atoms with E-state index in [2.05, 4.69) is 62.4 Å². The van der Waals surface area contributed by atoms with Crippen LogP contribution in [0.2, 0.25) is 0 Å². The minimum absolute atomic E-state index is 0.285. The average Bonchev–Trinajstić information content (AvgIpc) is 2.50. The van der Waals surface area contributed by atoms with Gasteiger partial charge in [0.25, 0.3) is 0 Å². The van der Waals surface area contributed by atoms with E-state index in [0.717, 1.165) is 31.4 Å². The van der Waals surface area contributed by atoms with Gasteiger partial charge in [0.15, 0.2) is 0 Å². The fraction of sp³-hybridized carbons (Fsp3) is 0.316. The van der Waals surface area contributed by atoms with Crippen molar-refractivity contribution in [3.05, 3.63) is 72.6 Å². The Morgan fingerprint density at radius 3 is 2.20 bits per heavy atom. The third-order valence-corrected chi connectivity index (χ3v) is 3.46. The Morgan fingerprint density at radius 2 is 1.60 bits per heavy atom. The van der Waals surface area contributed by atoms with Crippen LogP contribution in [0.1, 0.15) is 37.3 Å². The van der Waals surface area contributed by atoms with Crippen molar-refractivity contribution in [1.29, 1.82) is 0 Å². The van der Waals surface area contributed by atoms with E-state index in [1.54, 1.807) is 0 Å². The third kappa shape index (κ3) is 4.41. The molecule has 1 nitrogen and oxygen atoms in total. The molecule has 1 heteroatoms. The summed E-state index contributed by atoms with van der Waals surface area (Å²) in [6.07, 6.45) is 4.22. The molecule has 0 aliphatic rings. The minimum Gasteiger partial charge on any atom is -0.490 e. The molecule has 1 atom stereocenters. The molecule has 0 heterocycles. The zero-order valence-electron chi connectivity index (χ0n) is 12.2. The van der Waals surface area contributed by atoms with Crippen LogP contribution in [0.25, 0.3) is 0 Å². The molecule has 2 aromatic carbocycles. The van der Waals surface area contributed by atoms with Gasteiger partial charge in [0, 0.05) is 0 Å². The van der Waals surface area contributed by atoms with Crippen LogP contribution >= 0.6 is 0 Å². The summed E-state index contributed by atoms with van der Waals surface area (Å²) in [6, 6.07) is 19.0. The van der Waals surface area contributed by atoms with Gasteiger partial charge in [-0.15, -0.1) is 0 Å². The van der Waals surface area contributed by atoms with E-state index in [-0.39, 0.29) is 6.10 Å². The molecule has 20 heavy (non-hydrogen) atoms. The molecular weight excluding hydrogens is 244 g/mol. The predicted octanol–water partition coefficient (Wildman–Crippen LogP) is 5.05. The summed E-state index contributed by atoms with van der Waals surface area (Å²) in [5, 5.41) is 0. The normalized spacial score (nSPS) is 12.1. The highest BCUT2D eigenvalue weighted by Crippen LogP contribution is 2.18. The van der Waals surface area contributed by atoms with Crippen molar-refractivity contribution in [2.24, 2.45) is 0 Å². The summed E-state index contributed by atoms with van der Waals surface area (Å²) in [6.45, 7) is 6.05. The van der Waals surface area contributed by atoms with Crippen molar-refractivity contribution < 1.29 is 4.74 Å². The fourth-order valence-electron chi connectivity index (χ4n) is 2.28. The zero-order valence-corrected chi connectivity index (χ0v) is 12.2. The second kappa shape index (κ2) is 7.74.